The average molecular weight is 553 g/mol. The van der Waals surface area contributed by atoms with Gasteiger partial charge in [-0.15, -0.1) is 0 Å². The third-order valence-corrected chi connectivity index (χ3v) is 12.7. The van der Waals surface area contributed by atoms with Crippen molar-refractivity contribution in [2.24, 2.45) is 29.1 Å². The number of hydrogen-bond acceptors (Lipinski definition) is 4. The van der Waals surface area contributed by atoms with E-state index in [0.29, 0.717) is 45.4 Å². The summed E-state index contributed by atoms with van der Waals surface area (Å²) in [6, 6.07) is 0. The lowest BCUT2D eigenvalue weighted by molar-refractivity contribution is -0.254. The van der Waals surface area contributed by atoms with Crippen LogP contribution in [-0.2, 0) is 14.6 Å². The predicted octanol–water partition coefficient (Wildman–Crippen LogP) is 6.43. The molecule has 0 bridgehead atoms. The first-order valence-electron chi connectivity index (χ1n) is 13.9. The fourth-order valence-corrected chi connectivity index (χ4v) is 9.53. The van der Waals surface area contributed by atoms with Gasteiger partial charge in [-0.2, -0.15) is 0 Å². The third-order valence-electron chi connectivity index (χ3n) is 10.9. The molecule has 0 aliphatic heterocycles. The first-order valence-corrected chi connectivity index (χ1v) is 15.6. The highest BCUT2D eigenvalue weighted by Gasteiger charge is 2.73. The monoisotopic (exact) mass is 552 g/mol. The molecule has 0 radical (unpaired) electrons. The van der Waals surface area contributed by atoms with Crippen molar-refractivity contribution in [1.82, 2.24) is 0 Å². The molecule has 0 amide bonds. The number of ketones is 1. The SMILES string of the molecule is CCS(=O)(=O)C1=CCC([C@H]2C[C@@]3(C)C(CC[C@@]3(O)C(C)(F)C(C)(F)F)C3CCC4=CC(=O)CCC4=C32)C=C1. The minimum Gasteiger partial charge on any atom is -0.386 e. The Morgan fingerprint density at radius 3 is 2.42 bits per heavy atom. The standard InChI is InChI=1S/C30H39F3O4S/c1-5-38(36,37)21-10-6-18(7-11-21)24-17-27(2)25(14-15-30(27,35)28(3,31)29(4,32)33)23-12-8-19-16-20(34)9-13-22(19)26(23)24/h6,10-11,16,18,23-25,35H,5,7-9,12-15,17H2,1-4H3/t18?,23?,24-,25?,27+,28?,30+/m1/s1. The Kier molecular flexibility index (Phi) is 6.54. The molecule has 2 saturated carbocycles. The van der Waals surface area contributed by atoms with E-state index < -0.39 is 32.4 Å². The fraction of sp³-hybridized carbons (Fsp3) is 0.700. The van der Waals surface area contributed by atoms with Gasteiger partial charge in [0, 0.05) is 18.8 Å². The zero-order chi connectivity index (χ0) is 27.9. The molecule has 0 aromatic carbocycles. The van der Waals surface area contributed by atoms with Crippen LogP contribution in [-0.4, -0.2) is 42.3 Å². The van der Waals surface area contributed by atoms with E-state index in [1.807, 2.05) is 6.08 Å². The number of fused-ring (bicyclic) bond motifs is 4. The highest BCUT2D eigenvalue weighted by Crippen LogP contribution is 2.69. The van der Waals surface area contributed by atoms with Gasteiger partial charge in [-0.25, -0.2) is 21.6 Å². The van der Waals surface area contributed by atoms with Crippen LogP contribution in [0.4, 0.5) is 13.2 Å². The van der Waals surface area contributed by atoms with Gasteiger partial charge in [0.1, 0.15) is 5.60 Å². The molecule has 38 heavy (non-hydrogen) atoms. The van der Waals surface area contributed by atoms with Gasteiger partial charge in [0.05, 0.1) is 10.7 Å². The van der Waals surface area contributed by atoms with Gasteiger partial charge in [-0.3, -0.25) is 4.79 Å². The number of carbonyl (C=O) groups is 1. The quantitative estimate of drug-likeness (QED) is 0.427. The lowest BCUT2D eigenvalue weighted by atomic mass is 9.48. The molecule has 210 valence electrons. The molecule has 5 aliphatic rings. The molecule has 0 aromatic rings. The Hall–Kier alpha value is -1.67. The Bertz CT molecular complexity index is 1270. The van der Waals surface area contributed by atoms with Crippen LogP contribution in [0.1, 0.15) is 79.1 Å². The zero-order valence-electron chi connectivity index (χ0n) is 22.7. The van der Waals surface area contributed by atoms with Crippen molar-refractivity contribution in [3.05, 3.63) is 45.9 Å². The number of aliphatic hydroxyl groups is 1. The highest BCUT2D eigenvalue weighted by molar-refractivity contribution is 7.95. The minimum absolute atomic E-state index is 0.00389. The van der Waals surface area contributed by atoms with Gasteiger partial charge in [-0.05, 0) is 98.8 Å². The van der Waals surface area contributed by atoms with E-state index in [1.165, 1.54) is 11.1 Å². The lowest BCUT2D eigenvalue weighted by Gasteiger charge is -2.58. The molecular weight excluding hydrogens is 513 g/mol. The summed E-state index contributed by atoms with van der Waals surface area (Å²) < 4.78 is 70.4. The number of halogens is 3. The number of sulfone groups is 1. The van der Waals surface area contributed by atoms with Crippen molar-refractivity contribution in [3.8, 4) is 0 Å². The van der Waals surface area contributed by atoms with Gasteiger partial charge in [0.15, 0.2) is 21.3 Å². The number of hydrogen-bond donors (Lipinski definition) is 1. The zero-order valence-corrected chi connectivity index (χ0v) is 23.5. The maximum absolute atomic E-state index is 16.1. The fourth-order valence-electron chi connectivity index (χ4n) is 8.56. The second kappa shape index (κ2) is 8.92. The third kappa shape index (κ3) is 3.87. The Labute approximate surface area is 224 Å². The molecule has 5 rings (SSSR count). The molecule has 0 heterocycles. The molecule has 4 nitrogen and oxygen atoms in total. The van der Waals surface area contributed by atoms with Crippen molar-refractivity contribution in [2.75, 3.05) is 5.75 Å². The van der Waals surface area contributed by atoms with E-state index in [2.05, 4.69) is 0 Å². The number of rotatable bonds is 5. The van der Waals surface area contributed by atoms with Gasteiger partial charge in [0.25, 0.3) is 5.92 Å². The number of carbonyl (C=O) groups excluding carboxylic acids is 1. The topological polar surface area (TPSA) is 71.4 Å². The average Bonchev–Trinajstić information content (AvgIpc) is 3.14. The molecule has 4 unspecified atom stereocenters. The van der Waals surface area contributed by atoms with Crippen molar-refractivity contribution in [3.63, 3.8) is 0 Å². The smallest absolute Gasteiger partial charge is 0.281 e. The van der Waals surface area contributed by atoms with Crippen LogP contribution >= 0.6 is 0 Å². The van der Waals surface area contributed by atoms with Crippen molar-refractivity contribution < 1.29 is 31.5 Å². The van der Waals surface area contributed by atoms with Crippen LogP contribution in [0.15, 0.2) is 45.9 Å². The summed E-state index contributed by atoms with van der Waals surface area (Å²) in [6.45, 7) is 4.81. The van der Waals surface area contributed by atoms with E-state index in [9.17, 15) is 27.1 Å². The second-order valence-electron chi connectivity index (χ2n) is 12.6. The first-order chi connectivity index (χ1) is 17.6. The molecule has 5 aliphatic carbocycles. The maximum Gasteiger partial charge on any atom is 0.281 e. The van der Waals surface area contributed by atoms with Crippen molar-refractivity contribution in [1.29, 1.82) is 0 Å². The Balaban J connectivity index is 1.62. The van der Waals surface area contributed by atoms with E-state index >= 15 is 4.39 Å². The van der Waals surface area contributed by atoms with Gasteiger partial charge >= 0.3 is 0 Å². The summed E-state index contributed by atoms with van der Waals surface area (Å²) in [6.07, 6.45) is 10.8. The van der Waals surface area contributed by atoms with Gasteiger partial charge in [-0.1, -0.05) is 31.6 Å². The molecule has 0 aromatic heterocycles. The first kappa shape index (κ1) is 27.9. The maximum atomic E-state index is 16.1. The molecule has 0 saturated heterocycles. The summed E-state index contributed by atoms with van der Waals surface area (Å²) in [5.41, 5.74) is -2.95. The molecule has 2 fully saturated rings. The summed E-state index contributed by atoms with van der Waals surface area (Å²) in [7, 11) is -3.36. The van der Waals surface area contributed by atoms with E-state index in [4.69, 9.17) is 0 Å². The van der Waals surface area contributed by atoms with Crippen LogP contribution in [0.25, 0.3) is 0 Å². The molecular formula is C30H39F3O4S. The highest BCUT2D eigenvalue weighted by atomic mass is 32.2. The summed E-state index contributed by atoms with van der Waals surface area (Å²) in [5.74, 6) is -4.03. The summed E-state index contributed by atoms with van der Waals surface area (Å²) in [4.78, 5) is 12.5. The number of allylic oxidation sites excluding steroid dienone is 7. The van der Waals surface area contributed by atoms with E-state index in [1.54, 1.807) is 32.1 Å². The molecule has 7 atom stereocenters. The number of alkyl halides is 3. The second-order valence-corrected chi connectivity index (χ2v) is 14.9. The predicted molar refractivity (Wildman–Crippen MR) is 141 cm³/mol. The van der Waals surface area contributed by atoms with E-state index in [0.717, 1.165) is 18.9 Å². The Morgan fingerprint density at radius 1 is 1.11 bits per heavy atom. The normalized spacial score (nSPS) is 39.1. The minimum atomic E-state index is -3.73. The van der Waals surface area contributed by atoms with Gasteiger partial charge < -0.3 is 5.11 Å². The van der Waals surface area contributed by atoms with Crippen LogP contribution in [0.3, 0.4) is 0 Å². The van der Waals surface area contributed by atoms with Crippen LogP contribution in [0, 0.1) is 29.1 Å². The Morgan fingerprint density at radius 2 is 1.82 bits per heavy atom. The van der Waals surface area contributed by atoms with E-state index in [-0.39, 0.29) is 46.5 Å². The van der Waals surface area contributed by atoms with Crippen molar-refractivity contribution in [2.45, 2.75) is 96.3 Å². The lowest BCUT2D eigenvalue weighted by Crippen LogP contribution is -2.66. The largest absolute Gasteiger partial charge is 0.386 e. The summed E-state index contributed by atoms with van der Waals surface area (Å²) in [5, 5.41) is 11.9. The molecule has 0 spiro atoms. The molecule has 1 N–H and O–H groups in total. The van der Waals surface area contributed by atoms with Crippen LogP contribution in [0.5, 0.6) is 0 Å². The van der Waals surface area contributed by atoms with Crippen LogP contribution in [0.2, 0.25) is 0 Å². The van der Waals surface area contributed by atoms with Crippen molar-refractivity contribution >= 4 is 15.6 Å². The van der Waals surface area contributed by atoms with Gasteiger partial charge in [0.2, 0.25) is 0 Å². The van der Waals surface area contributed by atoms with Crippen LogP contribution < -0.4 is 0 Å². The summed E-state index contributed by atoms with van der Waals surface area (Å²) >= 11 is 0. The molecule has 8 heteroatoms.